The predicted molar refractivity (Wildman–Crippen MR) is 108 cm³/mol. The van der Waals surface area contributed by atoms with E-state index in [4.69, 9.17) is 4.98 Å². The van der Waals surface area contributed by atoms with Crippen LogP contribution in [0.3, 0.4) is 0 Å². The Bertz CT molecular complexity index is 1050. The number of pyridine rings is 1. The van der Waals surface area contributed by atoms with E-state index in [0.717, 1.165) is 60.7 Å². The third-order valence-corrected chi connectivity index (χ3v) is 5.50. The maximum absolute atomic E-state index is 13.5. The number of halogens is 3. The van der Waals surface area contributed by atoms with Crippen molar-refractivity contribution in [2.75, 3.05) is 0 Å². The first-order chi connectivity index (χ1) is 14.2. The normalized spacial score (nSPS) is 15.0. The quantitative estimate of drug-likeness (QED) is 0.560. The molecule has 0 spiro atoms. The van der Waals surface area contributed by atoms with Gasteiger partial charge in [-0.2, -0.15) is 13.2 Å². The van der Waals surface area contributed by atoms with E-state index in [2.05, 4.69) is 20.6 Å². The summed E-state index contributed by atoms with van der Waals surface area (Å²) in [5.41, 5.74) is 3.71. The second-order valence-electron chi connectivity index (χ2n) is 8.77. The minimum absolute atomic E-state index is 0.347. The van der Waals surface area contributed by atoms with Crippen LogP contribution in [0.15, 0.2) is 24.3 Å². The molecule has 4 rings (SSSR count). The molecule has 8 heteroatoms. The minimum Gasteiger partial charge on any atom is -0.256 e. The van der Waals surface area contributed by atoms with Crippen molar-refractivity contribution in [3.8, 4) is 22.5 Å². The highest BCUT2D eigenvalue weighted by Gasteiger charge is 2.33. The highest BCUT2D eigenvalue weighted by molar-refractivity contribution is 5.86. The summed E-state index contributed by atoms with van der Waals surface area (Å²) in [5, 5.41) is 14.4. The zero-order valence-corrected chi connectivity index (χ0v) is 17.3. The highest BCUT2D eigenvalue weighted by Crippen LogP contribution is 2.43. The summed E-state index contributed by atoms with van der Waals surface area (Å²) in [4.78, 5) is 5.02. The Kier molecular flexibility index (Phi) is 5.11. The molecule has 3 aromatic rings. The largest absolute Gasteiger partial charge is 0.416 e. The second kappa shape index (κ2) is 7.49. The predicted octanol–water partition coefficient (Wildman–Crippen LogP) is 5.51. The van der Waals surface area contributed by atoms with Gasteiger partial charge in [-0.3, -0.25) is 4.98 Å². The molecule has 0 unspecified atom stereocenters. The number of tetrazole rings is 1. The monoisotopic (exact) mass is 415 g/mol. The lowest BCUT2D eigenvalue weighted by atomic mass is 9.81. The number of rotatable bonds is 2. The van der Waals surface area contributed by atoms with Crippen molar-refractivity contribution in [3.05, 3.63) is 46.8 Å². The van der Waals surface area contributed by atoms with Gasteiger partial charge in [-0.25, -0.2) is 5.10 Å². The summed E-state index contributed by atoms with van der Waals surface area (Å²) in [6.45, 7) is 6.13. The van der Waals surface area contributed by atoms with Crippen LogP contribution in [-0.4, -0.2) is 25.6 Å². The van der Waals surface area contributed by atoms with Gasteiger partial charge in [-0.1, -0.05) is 39.3 Å². The molecule has 2 heterocycles. The zero-order valence-electron chi connectivity index (χ0n) is 17.3. The van der Waals surface area contributed by atoms with Crippen LogP contribution >= 0.6 is 0 Å². The van der Waals surface area contributed by atoms with Gasteiger partial charge in [0, 0.05) is 11.1 Å². The van der Waals surface area contributed by atoms with Gasteiger partial charge in [-0.05, 0) is 64.9 Å². The third kappa shape index (κ3) is 3.82. The molecule has 0 atom stereocenters. The molecule has 30 heavy (non-hydrogen) atoms. The average molecular weight is 415 g/mol. The number of benzene rings is 1. The number of nitrogens with one attached hydrogen (secondary N) is 1. The van der Waals surface area contributed by atoms with Gasteiger partial charge in [-0.15, -0.1) is 5.10 Å². The van der Waals surface area contributed by atoms with E-state index in [9.17, 15) is 13.2 Å². The smallest absolute Gasteiger partial charge is 0.256 e. The van der Waals surface area contributed by atoms with Crippen LogP contribution in [0.1, 0.15) is 62.5 Å². The van der Waals surface area contributed by atoms with Crippen LogP contribution < -0.4 is 0 Å². The molecule has 0 saturated carbocycles. The van der Waals surface area contributed by atoms with Crippen LogP contribution in [0.2, 0.25) is 0 Å². The first-order valence-corrected chi connectivity index (χ1v) is 10.1. The molecule has 1 aromatic carbocycles. The van der Waals surface area contributed by atoms with Crippen LogP contribution in [0.5, 0.6) is 0 Å². The summed E-state index contributed by atoms with van der Waals surface area (Å²) in [5.74, 6) is 0.423. The molecule has 1 N–H and O–H groups in total. The number of fused-ring (bicyclic) bond motifs is 1. The minimum atomic E-state index is -4.42. The fourth-order valence-electron chi connectivity index (χ4n) is 4.13. The lowest BCUT2D eigenvalue weighted by molar-refractivity contribution is -0.137. The van der Waals surface area contributed by atoms with E-state index >= 15 is 0 Å². The Morgan fingerprint density at radius 1 is 0.967 bits per heavy atom. The SMILES string of the molecule is CC(C)(C)c1nc2c(c(-c3cccc(C(F)(F)F)c3)c1-c1nnn[nH]1)CCCCC2. The lowest BCUT2D eigenvalue weighted by Crippen LogP contribution is -2.19. The van der Waals surface area contributed by atoms with E-state index in [1.165, 1.54) is 12.1 Å². The van der Waals surface area contributed by atoms with Crippen LogP contribution in [-0.2, 0) is 24.4 Å². The average Bonchev–Trinajstić information content (AvgIpc) is 3.10. The molecule has 1 aliphatic carbocycles. The Balaban J connectivity index is 2.10. The fourth-order valence-corrected chi connectivity index (χ4v) is 4.13. The number of hydrogen-bond acceptors (Lipinski definition) is 4. The maximum atomic E-state index is 13.5. The van der Waals surface area contributed by atoms with Crippen molar-refractivity contribution in [1.29, 1.82) is 0 Å². The fraction of sp³-hybridized carbons (Fsp3) is 0.455. The summed E-state index contributed by atoms with van der Waals surface area (Å²) in [7, 11) is 0. The third-order valence-electron chi connectivity index (χ3n) is 5.50. The Morgan fingerprint density at radius 2 is 1.73 bits per heavy atom. The highest BCUT2D eigenvalue weighted by atomic mass is 19.4. The van der Waals surface area contributed by atoms with Gasteiger partial charge >= 0.3 is 6.18 Å². The molecule has 0 amide bonds. The van der Waals surface area contributed by atoms with Crippen molar-refractivity contribution in [1.82, 2.24) is 25.6 Å². The van der Waals surface area contributed by atoms with E-state index < -0.39 is 11.7 Å². The molecule has 1 aliphatic rings. The van der Waals surface area contributed by atoms with Crippen molar-refractivity contribution in [2.24, 2.45) is 0 Å². The van der Waals surface area contributed by atoms with E-state index in [-0.39, 0.29) is 5.41 Å². The number of alkyl halides is 3. The zero-order chi connectivity index (χ0) is 21.5. The molecule has 2 aromatic heterocycles. The summed E-state index contributed by atoms with van der Waals surface area (Å²) >= 11 is 0. The van der Waals surface area contributed by atoms with Gasteiger partial charge in [0.2, 0.25) is 0 Å². The summed E-state index contributed by atoms with van der Waals surface area (Å²) in [6, 6.07) is 5.51. The van der Waals surface area contributed by atoms with Crippen molar-refractivity contribution in [3.63, 3.8) is 0 Å². The Morgan fingerprint density at radius 3 is 2.40 bits per heavy atom. The van der Waals surface area contributed by atoms with Gasteiger partial charge in [0.05, 0.1) is 16.8 Å². The standard InChI is InChI=1S/C22H24F3N5/c1-21(2,3)19-18(20-27-29-30-28-20)17(15-10-5-4-6-11-16(15)26-19)13-8-7-9-14(12-13)22(23,24)25/h7-9,12H,4-6,10-11H2,1-3H3,(H,27,28,29,30). The second-order valence-corrected chi connectivity index (χ2v) is 8.77. The van der Waals surface area contributed by atoms with Crippen LogP contribution in [0.4, 0.5) is 13.2 Å². The molecule has 0 saturated heterocycles. The van der Waals surface area contributed by atoms with Gasteiger partial charge in [0.25, 0.3) is 0 Å². The van der Waals surface area contributed by atoms with E-state index in [1.807, 2.05) is 20.8 Å². The molecule has 0 fully saturated rings. The number of aromatic amines is 1. The molecule has 0 radical (unpaired) electrons. The first-order valence-electron chi connectivity index (χ1n) is 10.1. The van der Waals surface area contributed by atoms with Crippen molar-refractivity contribution < 1.29 is 13.2 Å². The molecular formula is C22H24F3N5. The van der Waals surface area contributed by atoms with Crippen LogP contribution in [0, 0.1) is 0 Å². The lowest BCUT2D eigenvalue weighted by Gasteiger charge is -2.26. The van der Waals surface area contributed by atoms with E-state index in [0.29, 0.717) is 17.0 Å². The summed E-state index contributed by atoms with van der Waals surface area (Å²) < 4.78 is 40.4. The maximum Gasteiger partial charge on any atom is 0.416 e. The Hall–Kier alpha value is -2.77. The van der Waals surface area contributed by atoms with E-state index in [1.54, 1.807) is 6.07 Å². The molecular weight excluding hydrogens is 391 g/mol. The number of H-pyrrole nitrogens is 1. The van der Waals surface area contributed by atoms with Gasteiger partial charge < -0.3 is 0 Å². The number of aromatic nitrogens is 5. The molecule has 5 nitrogen and oxygen atoms in total. The van der Waals surface area contributed by atoms with Crippen molar-refractivity contribution >= 4 is 0 Å². The number of nitrogens with zero attached hydrogens (tertiary/aromatic N) is 4. The topological polar surface area (TPSA) is 67.3 Å². The summed E-state index contributed by atoms with van der Waals surface area (Å²) in [6.07, 6.45) is 0.244. The van der Waals surface area contributed by atoms with Gasteiger partial charge in [0.15, 0.2) is 5.82 Å². The Labute approximate surface area is 173 Å². The van der Waals surface area contributed by atoms with Crippen LogP contribution in [0.25, 0.3) is 22.5 Å². The number of hydrogen-bond donors (Lipinski definition) is 1. The molecule has 158 valence electrons. The van der Waals surface area contributed by atoms with Crippen molar-refractivity contribution in [2.45, 2.75) is 64.5 Å². The first kappa shape index (κ1) is 20.5. The number of aryl methyl sites for hydroxylation is 1. The molecule has 0 bridgehead atoms. The van der Waals surface area contributed by atoms with Gasteiger partial charge in [0.1, 0.15) is 0 Å². The molecule has 0 aliphatic heterocycles.